The van der Waals surface area contributed by atoms with Crippen molar-refractivity contribution >= 4 is 35.1 Å². The minimum atomic E-state index is -1.08. The van der Waals surface area contributed by atoms with Gasteiger partial charge >= 0.3 is 6.09 Å². The Kier molecular flexibility index (Phi) is 5.63. The number of hydrogen-bond acceptors (Lipinski definition) is 7. The first-order valence-corrected chi connectivity index (χ1v) is 12.2. The molecule has 190 valence electrons. The number of hydrogen-bond donors (Lipinski definition) is 3. The van der Waals surface area contributed by atoms with Gasteiger partial charge in [0.25, 0.3) is 0 Å². The number of anilines is 3. The minimum Gasteiger partial charge on any atom is -0.465 e. The van der Waals surface area contributed by atoms with Crippen LogP contribution in [0.1, 0.15) is 22.9 Å². The van der Waals surface area contributed by atoms with Crippen LogP contribution in [0.3, 0.4) is 0 Å². The molecule has 1 saturated heterocycles. The van der Waals surface area contributed by atoms with Crippen LogP contribution < -0.4 is 10.2 Å². The van der Waals surface area contributed by atoms with Gasteiger partial charge in [0.15, 0.2) is 11.6 Å². The molecule has 0 aliphatic carbocycles. The number of amides is 2. The lowest BCUT2D eigenvalue weighted by Crippen LogP contribution is -2.54. The van der Waals surface area contributed by atoms with Gasteiger partial charge in [0.05, 0.1) is 0 Å². The summed E-state index contributed by atoms with van der Waals surface area (Å²) in [6.07, 6.45) is 1.39. The second-order valence-electron chi connectivity index (χ2n) is 9.30. The normalized spacial score (nSPS) is 17.6. The summed E-state index contributed by atoms with van der Waals surface area (Å²) in [6, 6.07) is 12.5. The van der Waals surface area contributed by atoms with E-state index < -0.39 is 12.1 Å². The van der Waals surface area contributed by atoms with Gasteiger partial charge in [-0.15, -0.1) is 5.10 Å². The fraction of sp³-hybridized carbons (Fsp3) is 0.320. The van der Waals surface area contributed by atoms with E-state index in [0.717, 1.165) is 22.3 Å². The van der Waals surface area contributed by atoms with Crippen LogP contribution in [-0.2, 0) is 11.2 Å². The van der Waals surface area contributed by atoms with Crippen LogP contribution in [0.25, 0.3) is 5.52 Å². The van der Waals surface area contributed by atoms with E-state index in [1.165, 1.54) is 4.90 Å². The number of nitrogens with zero attached hydrogens (tertiary/aromatic N) is 7. The molecule has 1 atom stereocenters. The van der Waals surface area contributed by atoms with E-state index in [9.17, 15) is 14.7 Å². The number of nitrogens with one attached hydrogen (secondary N) is 2. The number of piperazine rings is 1. The third-order valence-corrected chi connectivity index (χ3v) is 6.97. The third kappa shape index (κ3) is 4.20. The molecule has 12 nitrogen and oxygen atoms in total. The molecular weight excluding hydrogens is 474 g/mol. The van der Waals surface area contributed by atoms with Gasteiger partial charge in [-0.05, 0) is 36.6 Å². The lowest BCUT2D eigenvalue weighted by Gasteiger charge is -2.40. The molecule has 6 rings (SSSR count). The number of carbonyl (C=O) groups excluding carboxylic acids is 1. The molecule has 2 amide bonds. The zero-order valence-corrected chi connectivity index (χ0v) is 20.3. The monoisotopic (exact) mass is 501 g/mol. The predicted molar refractivity (Wildman–Crippen MR) is 136 cm³/mol. The van der Waals surface area contributed by atoms with Gasteiger partial charge in [-0.3, -0.25) is 14.8 Å². The van der Waals surface area contributed by atoms with Gasteiger partial charge in [0.2, 0.25) is 11.9 Å². The standard InChI is InChI=1S/C25H27N9O3/c1-16-15-20(29-28-16)26-22-19-7-4-9-34(19)30-24(27-22)32-13-11-31(12-14-32)23(35)21-18-6-3-2-5-17(18)8-10-33(21)25(36)37/h2-7,9,15,21H,8,10-14H2,1H3,(H,36,37)(H2,26,27,28,29,30)/t21-/m1/s1. The molecule has 3 N–H and O–H groups in total. The molecule has 2 aliphatic rings. The molecule has 0 radical (unpaired) electrons. The highest BCUT2D eigenvalue weighted by atomic mass is 16.4. The van der Waals surface area contributed by atoms with Crippen LogP contribution in [-0.4, -0.2) is 84.4 Å². The van der Waals surface area contributed by atoms with E-state index in [2.05, 4.69) is 20.6 Å². The average molecular weight is 502 g/mol. The van der Waals surface area contributed by atoms with Gasteiger partial charge in [-0.25, -0.2) is 9.31 Å². The second-order valence-corrected chi connectivity index (χ2v) is 9.30. The first-order chi connectivity index (χ1) is 18.0. The Morgan fingerprint density at radius 2 is 1.89 bits per heavy atom. The Morgan fingerprint density at radius 1 is 1.08 bits per heavy atom. The smallest absolute Gasteiger partial charge is 0.408 e. The van der Waals surface area contributed by atoms with Crippen LogP contribution in [0, 0.1) is 6.92 Å². The zero-order chi connectivity index (χ0) is 25.5. The Hall–Kier alpha value is -4.61. The maximum absolute atomic E-state index is 13.6. The number of rotatable bonds is 4. The van der Waals surface area contributed by atoms with E-state index in [4.69, 9.17) is 4.98 Å². The number of benzene rings is 1. The molecule has 0 spiro atoms. The van der Waals surface area contributed by atoms with Crippen molar-refractivity contribution in [1.29, 1.82) is 0 Å². The lowest BCUT2D eigenvalue weighted by atomic mass is 9.92. The van der Waals surface area contributed by atoms with Crippen LogP contribution in [0.2, 0.25) is 0 Å². The Labute approximate surface area is 212 Å². The molecule has 12 heteroatoms. The number of H-pyrrole nitrogens is 1. The second kappa shape index (κ2) is 9.12. The van der Waals surface area contributed by atoms with E-state index in [1.54, 1.807) is 9.42 Å². The van der Waals surface area contributed by atoms with Crippen molar-refractivity contribution in [2.24, 2.45) is 0 Å². The van der Waals surface area contributed by atoms with E-state index in [1.807, 2.05) is 60.5 Å². The molecule has 0 saturated carbocycles. The number of aromatic amines is 1. The highest BCUT2D eigenvalue weighted by Crippen LogP contribution is 2.32. The number of aryl methyl sites for hydroxylation is 1. The fourth-order valence-corrected chi connectivity index (χ4v) is 5.09. The first-order valence-electron chi connectivity index (χ1n) is 12.2. The summed E-state index contributed by atoms with van der Waals surface area (Å²) in [7, 11) is 0. The van der Waals surface area contributed by atoms with Crippen molar-refractivity contribution in [3.63, 3.8) is 0 Å². The first kappa shape index (κ1) is 22.8. The van der Waals surface area contributed by atoms with Crippen molar-refractivity contribution < 1.29 is 14.7 Å². The minimum absolute atomic E-state index is 0.188. The van der Waals surface area contributed by atoms with Crippen LogP contribution in [0.5, 0.6) is 0 Å². The third-order valence-electron chi connectivity index (χ3n) is 6.97. The average Bonchev–Trinajstić information content (AvgIpc) is 3.56. The summed E-state index contributed by atoms with van der Waals surface area (Å²) in [5.41, 5.74) is 3.56. The number of aromatic nitrogens is 5. The van der Waals surface area contributed by atoms with Gasteiger partial charge in [-0.2, -0.15) is 10.1 Å². The van der Waals surface area contributed by atoms with Crippen molar-refractivity contribution in [2.75, 3.05) is 42.9 Å². The molecule has 1 fully saturated rings. The molecule has 0 bridgehead atoms. The topological polar surface area (TPSA) is 135 Å². The fourth-order valence-electron chi connectivity index (χ4n) is 5.09. The van der Waals surface area contributed by atoms with E-state index >= 15 is 0 Å². The van der Waals surface area contributed by atoms with Crippen molar-refractivity contribution in [3.8, 4) is 0 Å². The predicted octanol–water partition coefficient (Wildman–Crippen LogP) is 2.43. The summed E-state index contributed by atoms with van der Waals surface area (Å²) >= 11 is 0. The molecule has 0 unspecified atom stereocenters. The maximum Gasteiger partial charge on any atom is 0.408 e. The summed E-state index contributed by atoms with van der Waals surface area (Å²) in [4.78, 5) is 35.4. The maximum atomic E-state index is 13.6. The summed E-state index contributed by atoms with van der Waals surface area (Å²) in [5.74, 6) is 1.65. The Bertz CT molecular complexity index is 1470. The quantitative estimate of drug-likeness (QED) is 0.388. The van der Waals surface area contributed by atoms with Gasteiger partial charge < -0.3 is 20.2 Å². The Morgan fingerprint density at radius 3 is 2.65 bits per heavy atom. The summed E-state index contributed by atoms with van der Waals surface area (Å²) in [6.45, 7) is 4.18. The molecule has 3 aromatic heterocycles. The molecule has 5 heterocycles. The molecule has 2 aliphatic heterocycles. The van der Waals surface area contributed by atoms with Crippen LogP contribution in [0.15, 0.2) is 48.7 Å². The number of carbonyl (C=O) groups is 2. The zero-order valence-electron chi connectivity index (χ0n) is 20.3. The van der Waals surface area contributed by atoms with Crippen LogP contribution in [0.4, 0.5) is 22.4 Å². The van der Waals surface area contributed by atoms with Gasteiger partial charge in [-0.1, -0.05) is 24.3 Å². The molecule has 4 aromatic rings. The van der Waals surface area contributed by atoms with Crippen molar-refractivity contribution in [1.82, 2.24) is 34.6 Å². The largest absolute Gasteiger partial charge is 0.465 e. The van der Waals surface area contributed by atoms with E-state index in [-0.39, 0.29) is 5.91 Å². The van der Waals surface area contributed by atoms with E-state index in [0.29, 0.717) is 56.7 Å². The summed E-state index contributed by atoms with van der Waals surface area (Å²) < 4.78 is 1.77. The Balaban J connectivity index is 1.21. The van der Waals surface area contributed by atoms with Gasteiger partial charge in [0, 0.05) is 50.7 Å². The van der Waals surface area contributed by atoms with Crippen molar-refractivity contribution in [2.45, 2.75) is 19.4 Å². The molecular formula is C25H27N9O3. The SMILES string of the molecule is Cc1cc(Nc2nc(N3CCN(C(=O)[C@H]4c5ccccc5CCN4C(=O)O)CC3)nn3cccc23)n[nH]1. The highest BCUT2D eigenvalue weighted by molar-refractivity contribution is 5.87. The highest BCUT2D eigenvalue weighted by Gasteiger charge is 2.39. The van der Waals surface area contributed by atoms with Crippen molar-refractivity contribution in [3.05, 3.63) is 65.5 Å². The summed E-state index contributed by atoms with van der Waals surface area (Å²) in [5, 5.41) is 24.9. The molecule has 37 heavy (non-hydrogen) atoms. The molecule has 1 aromatic carbocycles. The number of carboxylic acid groups (broad SMARTS) is 1. The number of fused-ring (bicyclic) bond motifs is 2. The van der Waals surface area contributed by atoms with Crippen LogP contribution >= 0.6 is 0 Å². The van der Waals surface area contributed by atoms with Gasteiger partial charge in [0.1, 0.15) is 11.6 Å². The lowest BCUT2D eigenvalue weighted by molar-refractivity contribution is -0.137.